The molecule has 0 saturated carbocycles. The molecule has 0 atom stereocenters. The fourth-order valence-electron chi connectivity index (χ4n) is 1.40. The monoisotopic (exact) mass is 233 g/mol. The van der Waals surface area contributed by atoms with Gasteiger partial charge in [0.2, 0.25) is 0 Å². The summed E-state index contributed by atoms with van der Waals surface area (Å²) in [6.07, 6.45) is 0. The zero-order valence-corrected chi connectivity index (χ0v) is 9.98. The third-order valence-corrected chi connectivity index (χ3v) is 2.18. The molecule has 0 spiro atoms. The fourth-order valence-corrected chi connectivity index (χ4v) is 1.40. The molecule has 0 aliphatic heterocycles. The number of ether oxygens (including phenoxy) is 1. The Kier molecular flexibility index (Phi) is 5.46. The van der Waals surface area contributed by atoms with Crippen LogP contribution in [0.3, 0.4) is 0 Å². The number of halogens is 1. The Hall–Kier alpha value is -1.74. The van der Waals surface area contributed by atoms with Crippen LogP contribution in [0.5, 0.6) is 5.75 Å². The summed E-state index contributed by atoms with van der Waals surface area (Å²) in [6.45, 7) is 0.287. The average molecular weight is 233 g/mol. The van der Waals surface area contributed by atoms with Crippen molar-refractivity contribution in [2.45, 2.75) is 6.61 Å². The van der Waals surface area contributed by atoms with Gasteiger partial charge in [0.25, 0.3) is 0 Å². The maximum Gasteiger partial charge on any atom is 1.00 e. The molecule has 0 aliphatic rings. The van der Waals surface area contributed by atoms with Crippen LogP contribution >= 0.6 is 0 Å². The minimum Gasteiger partial charge on any atom is -0.515 e. The Balaban J connectivity index is 0.00000162. The Labute approximate surface area is 117 Å². The largest absolute Gasteiger partial charge is 1.00 e. The first kappa shape index (κ1) is 14.3. The number of nitrogens with zero attached hydrogens (tertiary/aromatic N) is 1. The molecule has 2 aromatic carbocycles. The van der Waals surface area contributed by atoms with Gasteiger partial charge in [-0.25, -0.2) is 4.39 Å². The number of nitriles is 1. The van der Waals surface area contributed by atoms with Gasteiger partial charge in [-0.1, -0.05) is 12.1 Å². The molecule has 0 saturated heterocycles. The van der Waals surface area contributed by atoms with Crippen LogP contribution in [0.25, 0.3) is 0 Å². The van der Waals surface area contributed by atoms with Crippen LogP contribution in [0, 0.1) is 23.2 Å². The average Bonchev–Trinajstić information content (AvgIpc) is 2.37. The van der Waals surface area contributed by atoms with Gasteiger partial charge in [-0.3, -0.25) is 0 Å². The second-order valence-electron chi connectivity index (χ2n) is 3.46. The van der Waals surface area contributed by atoms with Crippen LogP contribution in [0.2, 0.25) is 0 Å². The Morgan fingerprint density at radius 2 is 2.00 bits per heavy atom. The zero-order chi connectivity index (χ0) is 12.1. The molecule has 0 unspecified atom stereocenters. The molecule has 2 aromatic rings. The Morgan fingerprint density at radius 1 is 1.22 bits per heavy atom. The van der Waals surface area contributed by atoms with Crippen LogP contribution in [0.15, 0.2) is 42.5 Å². The van der Waals surface area contributed by atoms with E-state index < -0.39 is 5.82 Å². The molecule has 2 nitrogen and oxygen atoms in total. The summed E-state index contributed by atoms with van der Waals surface area (Å²) in [5.74, 6) is -0.0966. The maximum atomic E-state index is 12.8. The van der Waals surface area contributed by atoms with Gasteiger partial charge in [0.1, 0.15) is 6.61 Å². The summed E-state index contributed by atoms with van der Waals surface area (Å²) in [7, 11) is 0. The number of hydrogen-bond acceptors (Lipinski definition) is 2. The van der Waals surface area contributed by atoms with Gasteiger partial charge < -0.3 is 4.74 Å². The fraction of sp³-hybridized carbons (Fsp3) is 0.0714. The molecule has 0 radical (unpaired) electrons. The summed E-state index contributed by atoms with van der Waals surface area (Å²) in [5.41, 5.74) is 1.44. The smallest absolute Gasteiger partial charge is 0.515 e. The summed E-state index contributed by atoms with van der Waals surface area (Å²) < 4.78 is 18.2. The number of rotatable bonds is 3. The SMILES string of the molecule is N#Cc1cccc(COc2[c-]c(F)ccc2)c1.[Li+]. The number of hydrogen-bond donors (Lipinski definition) is 0. The number of benzene rings is 2. The molecule has 0 amide bonds. The van der Waals surface area contributed by atoms with E-state index in [0.717, 1.165) is 5.56 Å². The van der Waals surface area contributed by atoms with E-state index in [9.17, 15) is 4.39 Å². The van der Waals surface area contributed by atoms with Crippen LogP contribution < -0.4 is 23.6 Å². The third kappa shape index (κ3) is 3.93. The van der Waals surface area contributed by atoms with Crippen molar-refractivity contribution in [3.05, 3.63) is 65.5 Å². The first-order chi connectivity index (χ1) is 8.28. The van der Waals surface area contributed by atoms with Gasteiger partial charge in [0.15, 0.2) is 0 Å². The van der Waals surface area contributed by atoms with Crippen molar-refractivity contribution in [1.82, 2.24) is 0 Å². The minimum atomic E-state index is -0.451. The van der Waals surface area contributed by atoms with Crippen LogP contribution in [0.1, 0.15) is 11.1 Å². The minimum absolute atomic E-state index is 0. The van der Waals surface area contributed by atoms with Crippen molar-refractivity contribution < 1.29 is 28.0 Å². The topological polar surface area (TPSA) is 33.0 Å². The Bertz CT molecular complexity index is 566. The quantitative estimate of drug-likeness (QED) is 0.555. The molecule has 84 valence electrons. The second-order valence-corrected chi connectivity index (χ2v) is 3.46. The van der Waals surface area contributed by atoms with Gasteiger partial charge in [-0.2, -0.15) is 11.3 Å². The van der Waals surface area contributed by atoms with E-state index in [2.05, 4.69) is 12.1 Å². The van der Waals surface area contributed by atoms with Crippen molar-refractivity contribution in [3.63, 3.8) is 0 Å². The van der Waals surface area contributed by atoms with E-state index in [4.69, 9.17) is 10.00 Å². The predicted molar refractivity (Wildman–Crippen MR) is 60.7 cm³/mol. The summed E-state index contributed by atoms with van der Waals surface area (Å²) in [6, 6.07) is 16.1. The van der Waals surface area contributed by atoms with Gasteiger partial charge >= 0.3 is 18.9 Å². The standard InChI is InChI=1S/C14H9FNO.Li/c15-13-5-2-6-14(8-13)17-10-12-4-1-3-11(7-12)9-16;/h1-7H,10H2;/q-1;+1. The van der Waals surface area contributed by atoms with E-state index in [0.29, 0.717) is 11.3 Å². The van der Waals surface area contributed by atoms with Crippen molar-refractivity contribution in [2.75, 3.05) is 0 Å². The van der Waals surface area contributed by atoms with Gasteiger partial charge in [-0.05, 0) is 17.7 Å². The zero-order valence-electron chi connectivity index (χ0n) is 9.98. The van der Waals surface area contributed by atoms with E-state index in [-0.39, 0.29) is 25.5 Å². The van der Waals surface area contributed by atoms with E-state index in [1.54, 1.807) is 30.3 Å². The van der Waals surface area contributed by atoms with Crippen molar-refractivity contribution >= 4 is 0 Å². The molecule has 0 aromatic heterocycles. The van der Waals surface area contributed by atoms with E-state index in [1.165, 1.54) is 6.07 Å². The summed E-state index contributed by atoms with van der Waals surface area (Å²) in [5, 5.41) is 8.74. The predicted octanol–water partition coefficient (Wildman–Crippen LogP) is 0.0806. The molecule has 2 rings (SSSR count). The van der Waals surface area contributed by atoms with Crippen LogP contribution in [-0.4, -0.2) is 0 Å². The normalized spacial score (nSPS) is 9.11. The molecular formula is C14H9FLiNO. The van der Waals surface area contributed by atoms with Crippen LogP contribution in [0.4, 0.5) is 4.39 Å². The molecule has 0 heterocycles. The summed E-state index contributed by atoms with van der Waals surface area (Å²) >= 11 is 0. The van der Waals surface area contributed by atoms with Crippen molar-refractivity contribution in [2.24, 2.45) is 0 Å². The third-order valence-electron chi connectivity index (χ3n) is 2.18. The first-order valence-electron chi connectivity index (χ1n) is 5.07. The van der Waals surface area contributed by atoms with Crippen molar-refractivity contribution in [3.8, 4) is 11.8 Å². The Morgan fingerprint density at radius 3 is 2.72 bits per heavy atom. The van der Waals surface area contributed by atoms with Crippen molar-refractivity contribution in [1.29, 1.82) is 5.26 Å². The summed E-state index contributed by atoms with van der Waals surface area (Å²) in [4.78, 5) is 0. The van der Waals surface area contributed by atoms with Gasteiger partial charge in [-0.15, -0.1) is 18.2 Å². The van der Waals surface area contributed by atoms with Gasteiger partial charge in [0, 0.05) is 11.6 Å². The molecular weight excluding hydrogens is 224 g/mol. The molecule has 0 aliphatic carbocycles. The van der Waals surface area contributed by atoms with Gasteiger partial charge in [0.05, 0.1) is 11.6 Å². The van der Waals surface area contributed by atoms with Crippen LogP contribution in [-0.2, 0) is 6.61 Å². The molecule has 0 N–H and O–H groups in total. The molecule has 0 bridgehead atoms. The molecule has 0 fully saturated rings. The molecule has 18 heavy (non-hydrogen) atoms. The first-order valence-corrected chi connectivity index (χ1v) is 5.07. The second kappa shape index (κ2) is 6.86. The molecule has 4 heteroatoms. The maximum absolute atomic E-state index is 12.8. The van der Waals surface area contributed by atoms with E-state index in [1.807, 2.05) is 6.07 Å². The van der Waals surface area contributed by atoms with E-state index >= 15 is 0 Å².